The monoisotopic (exact) mass is 466 g/mol. The summed E-state index contributed by atoms with van der Waals surface area (Å²) < 4.78 is 6.53. The van der Waals surface area contributed by atoms with Crippen LogP contribution in [0.4, 0.5) is 0 Å². The molecule has 0 aromatic heterocycles. The molecular weight excluding hydrogens is 440 g/mol. The largest absolute Gasteiger partial charge is 0.392 e. The van der Waals surface area contributed by atoms with Crippen molar-refractivity contribution in [3.05, 3.63) is 144 Å². The number of aliphatic hydroxyl groups excluding tert-OH is 2. The Morgan fingerprint density at radius 3 is 1.09 bits per heavy atom. The van der Waals surface area contributed by atoms with Crippen LogP contribution in [0, 0.1) is 0 Å². The fraction of sp³-hybridized carbons (Fsp3) is 0.133. The Hall–Kier alpha value is -3.90. The summed E-state index contributed by atoms with van der Waals surface area (Å²) in [5.41, 5.74) is -2.59. The van der Waals surface area contributed by atoms with E-state index < -0.39 is 36.0 Å². The fourth-order valence-electron chi connectivity index (χ4n) is 4.22. The minimum atomic E-state index is -1.97. The third kappa shape index (κ3) is 4.57. The summed E-state index contributed by atoms with van der Waals surface area (Å²) in [4.78, 5) is 28.0. The van der Waals surface area contributed by atoms with Crippen LogP contribution in [-0.2, 0) is 15.9 Å². The zero-order valence-electron chi connectivity index (χ0n) is 19.1. The van der Waals surface area contributed by atoms with Crippen molar-refractivity contribution >= 4 is 11.6 Å². The standard InChI is InChI=1S/C30H26O5/c31-21-29(25-17-9-3-10-18-25,27(33)23-13-5-1-6-14-23)35-30(22-32,26-19-11-4-12-20-26)28(34)24-15-7-2-8-16-24/h1-20,31-32H,21-22H2. The maximum atomic E-state index is 14.0. The van der Waals surface area contributed by atoms with Gasteiger partial charge < -0.3 is 14.9 Å². The van der Waals surface area contributed by atoms with Crippen molar-refractivity contribution in [2.45, 2.75) is 11.2 Å². The van der Waals surface area contributed by atoms with Crippen molar-refractivity contribution in [3.8, 4) is 0 Å². The Balaban J connectivity index is 1.96. The second kappa shape index (κ2) is 10.6. The number of carbonyl (C=O) groups is 2. The third-order valence-corrected chi connectivity index (χ3v) is 6.08. The minimum Gasteiger partial charge on any atom is -0.392 e. The lowest BCUT2D eigenvalue weighted by Gasteiger charge is -2.41. The van der Waals surface area contributed by atoms with Gasteiger partial charge in [-0.25, -0.2) is 0 Å². The lowest BCUT2D eigenvalue weighted by Crippen LogP contribution is -2.53. The van der Waals surface area contributed by atoms with Crippen LogP contribution in [0.25, 0.3) is 0 Å². The second-order valence-corrected chi connectivity index (χ2v) is 8.19. The molecule has 0 aliphatic heterocycles. The lowest BCUT2D eigenvalue weighted by atomic mass is 9.81. The highest BCUT2D eigenvalue weighted by atomic mass is 16.6. The van der Waals surface area contributed by atoms with Crippen molar-refractivity contribution in [1.29, 1.82) is 0 Å². The van der Waals surface area contributed by atoms with E-state index in [1.165, 1.54) is 0 Å². The van der Waals surface area contributed by atoms with Crippen LogP contribution < -0.4 is 0 Å². The summed E-state index contributed by atoms with van der Waals surface area (Å²) in [5, 5.41) is 21.6. The van der Waals surface area contributed by atoms with E-state index in [-0.39, 0.29) is 0 Å². The minimum absolute atomic E-state index is 0.303. The predicted octanol–water partition coefficient (Wildman–Crippen LogP) is 4.54. The van der Waals surface area contributed by atoms with E-state index in [1.807, 2.05) is 0 Å². The van der Waals surface area contributed by atoms with Gasteiger partial charge in [0.1, 0.15) is 0 Å². The quantitative estimate of drug-likeness (QED) is 0.335. The van der Waals surface area contributed by atoms with Crippen molar-refractivity contribution in [2.75, 3.05) is 13.2 Å². The Morgan fingerprint density at radius 2 is 0.800 bits per heavy atom. The highest BCUT2D eigenvalue weighted by Gasteiger charge is 2.52. The van der Waals surface area contributed by atoms with Crippen LogP contribution in [0.5, 0.6) is 0 Å². The molecule has 5 heteroatoms. The number of carbonyl (C=O) groups excluding carboxylic acids is 2. The average molecular weight is 467 g/mol. The van der Waals surface area contributed by atoms with Gasteiger partial charge in [-0.2, -0.15) is 0 Å². The normalized spacial score (nSPS) is 14.5. The van der Waals surface area contributed by atoms with E-state index in [1.54, 1.807) is 121 Å². The number of ketones is 2. The van der Waals surface area contributed by atoms with Crippen molar-refractivity contribution in [2.24, 2.45) is 0 Å². The summed E-state index contributed by atoms with van der Waals surface area (Å²) in [6.07, 6.45) is 0. The van der Waals surface area contributed by atoms with Gasteiger partial charge >= 0.3 is 0 Å². The molecule has 4 rings (SSSR count). The molecule has 0 saturated carbocycles. The molecule has 4 aromatic rings. The molecule has 0 fully saturated rings. The number of hydrogen-bond acceptors (Lipinski definition) is 5. The van der Waals surface area contributed by atoms with Gasteiger partial charge in [0.25, 0.3) is 0 Å². The number of aliphatic hydroxyl groups is 2. The molecule has 0 aliphatic carbocycles. The summed E-state index contributed by atoms with van der Waals surface area (Å²) in [7, 11) is 0. The number of rotatable bonds is 10. The van der Waals surface area contributed by atoms with Crippen LogP contribution in [0.15, 0.2) is 121 Å². The molecule has 2 N–H and O–H groups in total. The Labute approximate surface area is 204 Å². The lowest BCUT2D eigenvalue weighted by molar-refractivity contribution is -0.155. The highest BCUT2D eigenvalue weighted by Crippen LogP contribution is 2.40. The maximum absolute atomic E-state index is 14.0. The summed E-state index contributed by atoms with van der Waals surface area (Å²) in [6, 6.07) is 34.0. The zero-order chi connectivity index (χ0) is 24.7. The van der Waals surface area contributed by atoms with Crippen LogP contribution in [0.2, 0.25) is 0 Å². The van der Waals surface area contributed by atoms with E-state index in [9.17, 15) is 19.8 Å². The molecule has 0 bridgehead atoms. The average Bonchev–Trinajstić information content (AvgIpc) is 2.95. The van der Waals surface area contributed by atoms with Gasteiger partial charge in [0.05, 0.1) is 13.2 Å². The second-order valence-electron chi connectivity index (χ2n) is 8.19. The van der Waals surface area contributed by atoms with Crippen LogP contribution >= 0.6 is 0 Å². The van der Waals surface area contributed by atoms with E-state index in [0.29, 0.717) is 22.3 Å². The molecule has 4 aromatic carbocycles. The number of ether oxygens (including phenoxy) is 1. The smallest absolute Gasteiger partial charge is 0.201 e. The summed E-state index contributed by atoms with van der Waals surface area (Å²) in [6.45, 7) is -1.50. The topological polar surface area (TPSA) is 83.8 Å². The van der Waals surface area contributed by atoms with E-state index in [2.05, 4.69) is 0 Å². The first-order valence-electron chi connectivity index (χ1n) is 11.3. The molecule has 0 heterocycles. The van der Waals surface area contributed by atoms with Gasteiger partial charge in [-0.3, -0.25) is 9.59 Å². The fourth-order valence-corrected chi connectivity index (χ4v) is 4.22. The molecular formula is C30H26O5. The van der Waals surface area contributed by atoms with E-state index >= 15 is 0 Å². The Kier molecular flexibility index (Phi) is 7.32. The van der Waals surface area contributed by atoms with Gasteiger partial charge in [-0.15, -0.1) is 0 Å². The third-order valence-electron chi connectivity index (χ3n) is 6.08. The van der Waals surface area contributed by atoms with Crippen LogP contribution in [0.3, 0.4) is 0 Å². The molecule has 5 nitrogen and oxygen atoms in total. The predicted molar refractivity (Wildman–Crippen MR) is 133 cm³/mol. The van der Waals surface area contributed by atoms with Crippen LogP contribution in [-0.4, -0.2) is 35.0 Å². The molecule has 0 amide bonds. The molecule has 2 atom stereocenters. The number of Topliss-reactive ketones (excluding diaryl/α,β-unsaturated/α-hetero) is 2. The molecule has 2 unspecified atom stereocenters. The Bertz CT molecular complexity index is 1160. The van der Waals surface area contributed by atoms with Gasteiger partial charge in [-0.1, -0.05) is 121 Å². The van der Waals surface area contributed by atoms with Gasteiger partial charge in [-0.05, 0) is 11.1 Å². The number of hydrogen-bond donors (Lipinski definition) is 2. The first kappa shape index (κ1) is 24.2. The molecule has 0 radical (unpaired) electrons. The first-order valence-corrected chi connectivity index (χ1v) is 11.3. The maximum Gasteiger partial charge on any atom is 0.201 e. The van der Waals surface area contributed by atoms with E-state index in [0.717, 1.165) is 0 Å². The Morgan fingerprint density at radius 1 is 0.514 bits per heavy atom. The zero-order valence-corrected chi connectivity index (χ0v) is 19.1. The SMILES string of the molecule is O=C(c1ccccc1)C(CO)(OC(CO)(C(=O)c1ccccc1)c1ccccc1)c1ccccc1. The van der Waals surface area contributed by atoms with Crippen molar-refractivity contribution in [3.63, 3.8) is 0 Å². The molecule has 0 aliphatic rings. The molecule has 176 valence electrons. The van der Waals surface area contributed by atoms with Crippen LogP contribution in [0.1, 0.15) is 31.8 Å². The molecule has 0 spiro atoms. The van der Waals surface area contributed by atoms with Gasteiger partial charge in [0, 0.05) is 11.1 Å². The van der Waals surface area contributed by atoms with E-state index in [4.69, 9.17) is 4.74 Å². The number of benzene rings is 4. The van der Waals surface area contributed by atoms with Gasteiger partial charge in [0.2, 0.25) is 11.6 Å². The van der Waals surface area contributed by atoms with Gasteiger partial charge in [0.15, 0.2) is 11.2 Å². The van der Waals surface area contributed by atoms with Crippen molar-refractivity contribution in [1.82, 2.24) is 0 Å². The first-order chi connectivity index (χ1) is 17.1. The molecule has 35 heavy (non-hydrogen) atoms. The van der Waals surface area contributed by atoms with Crippen molar-refractivity contribution < 1.29 is 24.5 Å². The molecule has 0 saturated heterocycles. The summed E-state index contributed by atoms with van der Waals surface area (Å²) >= 11 is 0. The summed E-state index contributed by atoms with van der Waals surface area (Å²) in [5.74, 6) is -1.05. The highest BCUT2D eigenvalue weighted by molar-refractivity contribution is 6.06.